The van der Waals surface area contributed by atoms with Crippen LogP contribution in [0.4, 0.5) is 0 Å². The maximum absolute atomic E-state index is 12.1. The maximum Gasteiger partial charge on any atom is 0.193 e. The van der Waals surface area contributed by atoms with Crippen molar-refractivity contribution in [2.45, 2.75) is 44.9 Å². The topological polar surface area (TPSA) is 101 Å². The highest BCUT2D eigenvalue weighted by atomic mass is 16.3. The number of hydrogen-bond acceptors (Lipinski definition) is 5. The molecule has 0 aliphatic rings. The molecule has 0 unspecified atom stereocenters. The Morgan fingerprint density at radius 1 is 0.731 bits per heavy atom. The van der Waals surface area contributed by atoms with Gasteiger partial charge in [0.2, 0.25) is 0 Å². The Labute approximate surface area is 153 Å². The third-order valence-electron chi connectivity index (χ3n) is 4.18. The van der Waals surface area contributed by atoms with E-state index in [1.807, 2.05) is 0 Å². The first-order valence-corrected chi connectivity index (χ1v) is 8.41. The van der Waals surface area contributed by atoms with E-state index >= 15 is 0 Å². The van der Waals surface area contributed by atoms with Gasteiger partial charge in [0.05, 0.1) is 6.04 Å². The van der Waals surface area contributed by atoms with Crippen LogP contribution >= 0.6 is 0 Å². The van der Waals surface area contributed by atoms with Crippen molar-refractivity contribution >= 4 is 11.6 Å². The van der Waals surface area contributed by atoms with Gasteiger partial charge in [-0.15, -0.1) is 0 Å². The summed E-state index contributed by atoms with van der Waals surface area (Å²) in [7, 11) is 0. The first-order chi connectivity index (χ1) is 11.9. The molecule has 26 heavy (non-hydrogen) atoms. The van der Waals surface area contributed by atoms with Crippen LogP contribution in [0.3, 0.4) is 0 Å². The van der Waals surface area contributed by atoms with Gasteiger partial charge < -0.3 is 15.9 Å². The van der Waals surface area contributed by atoms with E-state index in [-0.39, 0.29) is 11.6 Å². The van der Waals surface area contributed by atoms with Crippen molar-refractivity contribution in [3.05, 3.63) is 70.8 Å². The van der Waals surface area contributed by atoms with E-state index < -0.39 is 17.2 Å². The minimum absolute atomic E-state index is 0.355. The molecule has 0 saturated carbocycles. The van der Waals surface area contributed by atoms with Crippen LogP contribution in [0.2, 0.25) is 0 Å². The van der Waals surface area contributed by atoms with Gasteiger partial charge >= 0.3 is 0 Å². The van der Waals surface area contributed by atoms with Crippen LogP contribution in [0, 0.1) is 0 Å². The summed E-state index contributed by atoms with van der Waals surface area (Å²) in [5, 5.41) is 19.6. The van der Waals surface area contributed by atoms with Crippen LogP contribution in [-0.4, -0.2) is 33.0 Å². The first kappa shape index (κ1) is 20.0. The number of rotatable bonds is 6. The normalized spacial score (nSPS) is 12.3. The highest BCUT2D eigenvalue weighted by molar-refractivity contribution is 6.02. The van der Waals surface area contributed by atoms with E-state index in [9.17, 15) is 19.8 Å². The average molecular weight is 355 g/mol. The fraction of sp³-hybridized carbons (Fsp3) is 0.333. The lowest BCUT2D eigenvalue weighted by Crippen LogP contribution is -2.31. The average Bonchev–Trinajstić information content (AvgIpc) is 2.58. The van der Waals surface area contributed by atoms with E-state index in [4.69, 9.17) is 5.73 Å². The molecule has 2 aromatic rings. The van der Waals surface area contributed by atoms with E-state index in [1.54, 1.807) is 48.5 Å². The molecule has 0 fully saturated rings. The monoisotopic (exact) mass is 355 g/mol. The highest BCUT2D eigenvalue weighted by Gasteiger charge is 2.26. The van der Waals surface area contributed by atoms with Gasteiger partial charge in [-0.1, -0.05) is 48.5 Å². The minimum Gasteiger partial charge on any atom is -0.382 e. The summed E-state index contributed by atoms with van der Waals surface area (Å²) in [5.41, 5.74) is 5.86. The van der Waals surface area contributed by atoms with Crippen molar-refractivity contribution in [1.82, 2.24) is 0 Å². The van der Waals surface area contributed by atoms with E-state index in [1.165, 1.54) is 27.7 Å². The van der Waals surface area contributed by atoms with Gasteiger partial charge in [-0.05, 0) is 38.8 Å². The van der Waals surface area contributed by atoms with Crippen LogP contribution in [0.15, 0.2) is 48.5 Å². The van der Waals surface area contributed by atoms with Crippen molar-refractivity contribution in [3.63, 3.8) is 0 Å². The van der Waals surface area contributed by atoms with Crippen LogP contribution in [-0.2, 0) is 0 Å². The molecule has 0 aliphatic carbocycles. The Morgan fingerprint density at radius 2 is 1.00 bits per heavy atom. The molecule has 138 valence electrons. The molecule has 0 heterocycles. The van der Waals surface area contributed by atoms with Crippen molar-refractivity contribution < 1.29 is 19.8 Å². The first-order valence-electron chi connectivity index (χ1n) is 8.41. The maximum atomic E-state index is 12.1. The molecule has 0 aromatic heterocycles. The third kappa shape index (κ3) is 4.43. The molecular weight excluding hydrogens is 330 g/mol. The lowest BCUT2D eigenvalue weighted by molar-refractivity contribution is 0.0487. The third-order valence-corrected chi connectivity index (χ3v) is 4.18. The van der Waals surface area contributed by atoms with Gasteiger partial charge in [0.25, 0.3) is 0 Å². The summed E-state index contributed by atoms with van der Waals surface area (Å²) in [6.45, 7) is 5.80. The second kappa shape index (κ2) is 7.11. The summed E-state index contributed by atoms with van der Waals surface area (Å²) in [5.74, 6) is -0.709. The van der Waals surface area contributed by atoms with Crippen LogP contribution in [0.5, 0.6) is 0 Å². The molecule has 5 heteroatoms. The summed E-state index contributed by atoms with van der Waals surface area (Å²) >= 11 is 0. The number of benzene rings is 2. The zero-order valence-corrected chi connectivity index (χ0v) is 15.5. The fourth-order valence-corrected chi connectivity index (χ4v) is 2.58. The molecule has 2 rings (SSSR count). The predicted molar refractivity (Wildman–Crippen MR) is 100 cm³/mol. The molecule has 5 nitrogen and oxygen atoms in total. The molecule has 0 spiro atoms. The van der Waals surface area contributed by atoms with Gasteiger partial charge in [0.1, 0.15) is 11.2 Å². The Balaban J connectivity index is 2.20. The quantitative estimate of drug-likeness (QED) is 0.692. The van der Waals surface area contributed by atoms with Crippen molar-refractivity contribution in [3.8, 4) is 0 Å². The largest absolute Gasteiger partial charge is 0.382 e. The molecule has 0 bridgehead atoms. The fourth-order valence-electron chi connectivity index (χ4n) is 2.58. The Hall–Kier alpha value is -2.34. The summed E-state index contributed by atoms with van der Waals surface area (Å²) < 4.78 is 0. The number of hydrogen-bond donors (Lipinski definition) is 3. The van der Waals surface area contributed by atoms with E-state index in [2.05, 4.69) is 0 Å². The Morgan fingerprint density at radius 3 is 1.23 bits per heavy atom. The lowest BCUT2D eigenvalue weighted by Gasteiger charge is -2.18. The molecule has 0 aliphatic heterocycles. The van der Waals surface area contributed by atoms with Gasteiger partial charge in [-0.25, -0.2) is 0 Å². The summed E-state index contributed by atoms with van der Waals surface area (Å²) in [4.78, 5) is 24.1. The van der Waals surface area contributed by atoms with Crippen molar-refractivity contribution in [2.24, 2.45) is 5.73 Å². The number of Topliss-reactive ketones (excluding diaryl/α,β-unsaturated/α-hetero) is 2. The standard InChI is InChI=1S/C21H25NO4/c1-20(2,25)18(23)15-9-5-13(6-10-15)17(22)14-7-11-16(12-8-14)19(24)21(3,4)26/h5-12,17,25-26H,22H2,1-4H3. The van der Waals surface area contributed by atoms with Crippen LogP contribution in [0.1, 0.15) is 65.6 Å². The summed E-state index contributed by atoms with van der Waals surface area (Å²) in [6, 6.07) is 13.1. The number of aliphatic hydroxyl groups is 2. The van der Waals surface area contributed by atoms with Crippen molar-refractivity contribution in [2.75, 3.05) is 0 Å². The molecule has 0 saturated heterocycles. The smallest absolute Gasteiger partial charge is 0.193 e. The van der Waals surface area contributed by atoms with E-state index in [0.717, 1.165) is 11.1 Å². The van der Waals surface area contributed by atoms with Gasteiger partial charge in [0.15, 0.2) is 11.6 Å². The number of carbonyl (C=O) groups excluding carboxylic acids is 2. The molecular formula is C21H25NO4. The molecule has 0 radical (unpaired) electrons. The van der Waals surface area contributed by atoms with Gasteiger partial charge in [-0.3, -0.25) is 9.59 Å². The van der Waals surface area contributed by atoms with Gasteiger partial charge in [0, 0.05) is 11.1 Å². The molecule has 2 aromatic carbocycles. The van der Waals surface area contributed by atoms with E-state index in [0.29, 0.717) is 11.1 Å². The highest BCUT2D eigenvalue weighted by Crippen LogP contribution is 2.23. The van der Waals surface area contributed by atoms with Crippen LogP contribution < -0.4 is 5.73 Å². The Bertz CT molecular complexity index is 724. The number of nitrogens with two attached hydrogens (primary N) is 1. The Kier molecular flexibility index (Phi) is 5.47. The van der Waals surface area contributed by atoms with Crippen molar-refractivity contribution in [1.29, 1.82) is 0 Å². The number of ketones is 2. The lowest BCUT2D eigenvalue weighted by atomic mass is 9.92. The second-order valence-electron chi connectivity index (χ2n) is 7.50. The predicted octanol–water partition coefficient (Wildman–Crippen LogP) is 2.64. The van der Waals surface area contributed by atoms with Gasteiger partial charge in [-0.2, -0.15) is 0 Å². The SMILES string of the molecule is CC(C)(O)C(=O)c1ccc(C(N)c2ccc(C(=O)C(C)(C)O)cc2)cc1. The van der Waals surface area contributed by atoms with Crippen LogP contribution in [0.25, 0.3) is 0 Å². The summed E-state index contributed by atoms with van der Waals surface area (Å²) in [6.07, 6.45) is 0. The zero-order valence-electron chi connectivity index (χ0n) is 15.5. The minimum atomic E-state index is -1.42. The second-order valence-corrected chi connectivity index (χ2v) is 7.50. The number of carbonyl (C=O) groups is 2. The molecule has 4 N–H and O–H groups in total. The molecule has 0 amide bonds. The molecule has 0 atom stereocenters. The zero-order chi connectivity index (χ0) is 19.7.